The van der Waals surface area contributed by atoms with Crippen LogP contribution in [0.5, 0.6) is 0 Å². The molecule has 2 rings (SSSR count). The van der Waals surface area contributed by atoms with Crippen LogP contribution >= 0.6 is 15.9 Å². The van der Waals surface area contributed by atoms with Crippen molar-refractivity contribution in [3.05, 3.63) is 28.2 Å². The van der Waals surface area contributed by atoms with Gasteiger partial charge in [-0.3, -0.25) is 0 Å². The first-order chi connectivity index (χ1) is 7.68. The number of aliphatic hydroxyl groups excluding tert-OH is 1. The highest BCUT2D eigenvalue weighted by Crippen LogP contribution is 2.33. The van der Waals surface area contributed by atoms with Crippen molar-refractivity contribution in [3.8, 4) is 0 Å². The molecular formula is C12H16BrNO2. The SMILES string of the molecule is Nc1ccc(Br)cc1C(O)C1CCCOC1. The zero-order chi connectivity index (χ0) is 11.5. The number of rotatable bonds is 2. The van der Waals surface area contributed by atoms with E-state index in [4.69, 9.17) is 10.5 Å². The summed E-state index contributed by atoms with van der Waals surface area (Å²) in [5, 5.41) is 10.3. The zero-order valence-electron chi connectivity index (χ0n) is 9.03. The van der Waals surface area contributed by atoms with Crippen LogP contribution in [-0.2, 0) is 4.74 Å². The number of halogens is 1. The van der Waals surface area contributed by atoms with E-state index in [9.17, 15) is 5.11 Å². The summed E-state index contributed by atoms with van der Waals surface area (Å²) in [5.74, 6) is 0.158. The Morgan fingerprint density at radius 2 is 2.31 bits per heavy atom. The number of nitrogen functional groups attached to an aromatic ring is 1. The maximum Gasteiger partial charge on any atom is 0.0860 e. The van der Waals surface area contributed by atoms with Crippen molar-refractivity contribution >= 4 is 21.6 Å². The van der Waals surface area contributed by atoms with Gasteiger partial charge in [-0.25, -0.2) is 0 Å². The van der Waals surface area contributed by atoms with Gasteiger partial charge in [0.1, 0.15) is 0 Å². The summed E-state index contributed by atoms with van der Waals surface area (Å²) in [7, 11) is 0. The van der Waals surface area contributed by atoms with Gasteiger partial charge in [0.2, 0.25) is 0 Å². The Kier molecular flexibility index (Phi) is 3.84. The molecule has 0 bridgehead atoms. The van der Waals surface area contributed by atoms with Crippen molar-refractivity contribution in [3.63, 3.8) is 0 Å². The van der Waals surface area contributed by atoms with E-state index in [0.717, 1.165) is 29.5 Å². The van der Waals surface area contributed by atoms with Crippen LogP contribution in [0.2, 0.25) is 0 Å². The van der Waals surface area contributed by atoms with Gasteiger partial charge in [-0.2, -0.15) is 0 Å². The van der Waals surface area contributed by atoms with Gasteiger partial charge in [-0.15, -0.1) is 0 Å². The first-order valence-electron chi connectivity index (χ1n) is 5.49. The quantitative estimate of drug-likeness (QED) is 0.821. The summed E-state index contributed by atoms with van der Waals surface area (Å²) < 4.78 is 6.32. The fourth-order valence-corrected chi connectivity index (χ4v) is 2.45. The molecule has 2 atom stereocenters. The Labute approximate surface area is 104 Å². The maximum absolute atomic E-state index is 10.3. The lowest BCUT2D eigenvalue weighted by atomic mass is 9.90. The van der Waals surface area contributed by atoms with Gasteiger partial charge in [0.05, 0.1) is 12.7 Å². The van der Waals surface area contributed by atoms with Gasteiger partial charge in [0.15, 0.2) is 0 Å². The molecule has 0 amide bonds. The summed E-state index contributed by atoms with van der Waals surface area (Å²) in [6.45, 7) is 1.42. The highest BCUT2D eigenvalue weighted by molar-refractivity contribution is 9.10. The summed E-state index contributed by atoms with van der Waals surface area (Å²) >= 11 is 3.39. The summed E-state index contributed by atoms with van der Waals surface area (Å²) in [6.07, 6.45) is 1.47. The lowest BCUT2D eigenvalue weighted by Gasteiger charge is -2.27. The predicted molar refractivity (Wildman–Crippen MR) is 67.1 cm³/mol. The molecule has 1 fully saturated rings. The van der Waals surface area contributed by atoms with Gasteiger partial charge >= 0.3 is 0 Å². The van der Waals surface area contributed by atoms with E-state index in [1.54, 1.807) is 0 Å². The molecule has 16 heavy (non-hydrogen) atoms. The van der Waals surface area contributed by atoms with Gasteiger partial charge in [-0.1, -0.05) is 15.9 Å². The molecule has 4 heteroatoms. The van der Waals surface area contributed by atoms with Crippen LogP contribution in [0, 0.1) is 5.92 Å². The first-order valence-corrected chi connectivity index (χ1v) is 6.28. The molecule has 88 valence electrons. The third-order valence-corrected chi connectivity index (χ3v) is 3.50. The molecule has 0 saturated carbocycles. The fraction of sp³-hybridized carbons (Fsp3) is 0.500. The minimum atomic E-state index is -0.530. The Bertz CT molecular complexity index is 364. The predicted octanol–water partition coefficient (Wildman–Crippen LogP) is 2.49. The minimum Gasteiger partial charge on any atom is -0.398 e. The van der Waals surface area contributed by atoms with Gasteiger partial charge in [0.25, 0.3) is 0 Å². The van der Waals surface area contributed by atoms with Crippen LogP contribution in [-0.4, -0.2) is 18.3 Å². The topological polar surface area (TPSA) is 55.5 Å². The molecule has 0 radical (unpaired) electrons. The van der Waals surface area contributed by atoms with Crippen LogP contribution in [0.25, 0.3) is 0 Å². The van der Waals surface area contributed by atoms with Gasteiger partial charge < -0.3 is 15.6 Å². The van der Waals surface area contributed by atoms with Crippen molar-refractivity contribution in [2.45, 2.75) is 18.9 Å². The lowest BCUT2D eigenvalue weighted by Crippen LogP contribution is -2.24. The normalized spacial score (nSPS) is 23.0. The van der Waals surface area contributed by atoms with E-state index < -0.39 is 6.10 Å². The van der Waals surface area contributed by atoms with E-state index in [0.29, 0.717) is 12.3 Å². The van der Waals surface area contributed by atoms with E-state index in [-0.39, 0.29) is 5.92 Å². The first kappa shape index (κ1) is 11.9. The minimum absolute atomic E-state index is 0.158. The standard InChI is InChI=1S/C12H16BrNO2/c13-9-3-4-11(14)10(6-9)12(15)8-2-1-5-16-7-8/h3-4,6,8,12,15H,1-2,5,7,14H2. The van der Waals surface area contributed by atoms with Crippen LogP contribution in [0.1, 0.15) is 24.5 Å². The van der Waals surface area contributed by atoms with E-state index in [2.05, 4.69) is 15.9 Å². The van der Waals surface area contributed by atoms with Gasteiger partial charge in [-0.05, 0) is 31.0 Å². The third-order valence-electron chi connectivity index (χ3n) is 3.01. The Hall–Kier alpha value is -0.580. The molecular weight excluding hydrogens is 270 g/mol. The van der Waals surface area contributed by atoms with Crippen molar-refractivity contribution in [1.29, 1.82) is 0 Å². The van der Waals surface area contributed by atoms with Crippen LogP contribution in [0.3, 0.4) is 0 Å². The second-order valence-corrected chi connectivity index (χ2v) is 5.11. The van der Waals surface area contributed by atoms with Crippen LogP contribution < -0.4 is 5.73 Å². The molecule has 2 unspecified atom stereocenters. The van der Waals surface area contributed by atoms with E-state index >= 15 is 0 Å². The lowest BCUT2D eigenvalue weighted by molar-refractivity contribution is -0.00970. The second kappa shape index (κ2) is 5.17. The smallest absolute Gasteiger partial charge is 0.0860 e. The number of ether oxygens (including phenoxy) is 1. The van der Waals surface area contributed by atoms with Crippen molar-refractivity contribution in [2.24, 2.45) is 5.92 Å². The number of hydrogen-bond donors (Lipinski definition) is 2. The molecule has 1 aromatic carbocycles. The van der Waals surface area contributed by atoms with E-state index in [1.165, 1.54) is 0 Å². The number of aliphatic hydroxyl groups is 1. The molecule has 3 nitrogen and oxygen atoms in total. The summed E-state index contributed by atoms with van der Waals surface area (Å²) in [4.78, 5) is 0. The molecule has 1 aromatic rings. The number of hydrogen-bond acceptors (Lipinski definition) is 3. The molecule has 1 aliphatic rings. The van der Waals surface area contributed by atoms with Gasteiger partial charge in [0, 0.05) is 28.2 Å². The molecule has 1 saturated heterocycles. The summed E-state index contributed by atoms with van der Waals surface area (Å²) in [5.41, 5.74) is 7.31. The van der Waals surface area contributed by atoms with Crippen LogP contribution in [0.4, 0.5) is 5.69 Å². The van der Waals surface area contributed by atoms with Crippen molar-refractivity contribution in [2.75, 3.05) is 18.9 Å². The van der Waals surface area contributed by atoms with Crippen LogP contribution in [0.15, 0.2) is 22.7 Å². The maximum atomic E-state index is 10.3. The zero-order valence-corrected chi connectivity index (χ0v) is 10.6. The highest BCUT2D eigenvalue weighted by atomic mass is 79.9. The van der Waals surface area contributed by atoms with Crippen molar-refractivity contribution < 1.29 is 9.84 Å². The number of nitrogens with two attached hydrogens (primary N) is 1. The highest BCUT2D eigenvalue weighted by Gasteiger charge is 2.25. The Balaban J connectivity index is 2.18. The third kappa shape index (κ3) is 2.56. The molecule has 1 aliphatic heterocycles. The number of anilines is 1. The molecule has 3 N–H and O–H groups in total. The average Bonchev–Trinajstić information content (AvgIpc) is 2.32. The Morgan fingerprint density at radius 1 is 1.50 bits per heavy atom. The summed E-state index contributed by atoms with van der Waals surface area (Å²) in [6, 6.07) is 5.57. The average molecular weight is 286 g/mol. The monoisotopic (exact) mass is 285 g/mol. The molecule has 0 spiro atoms. The second-order valence-electron chi connectivity index (χ2n) is 4.20. The van der Waals surface area contributed by atoms with E-state index in [1.807, 2.05) is 18.2 Å². The molecule has 0 aromatic heterocycles. The molecule has 1 heterocycles. The largest absolute Gasteiger partial charge is 0.398 e. The number of benzene rings is 1. The molecule has 0 aliphatic carbocycles. The van der Waals surface area contributed by atoms with Crippen molar-refractivity contribution in [1.82, 2.24) is 0 Å². The fourth-order valence-electron chi connectivity index (χ4n) is 2.07. The Morgan fingerprint density at radius 3 is 3.00 bits per heavy atom.